The van der Waals surface area contributed by atoms with Crippen molar-refractivity contribution < 1.29 is 12.8 Å². The summed E-state index contributed by atoms with van der Waals surface area (Å²) in [6.45, 7) is 11.6. The van der Waals surface area contributed by atoms with Gasteiger partial charge in [0.05, 0.1) is 25.1 Å². The van der Waals surface area contributed by atoms with Gasteiger partial charge in [-0.05, 0) is 30.3 Å². The Morgan fingerprint density at radius 2 is 1.67 bits per heavy atom. The van der Waals surface area contributed by atoms with E-state index in [2.05, 4.69) is 33.9 Å². The lowest BCUT2D eigenvalue weighted by atomic mass is 10.2. The van der Waals surface area contributed by atoms with E-state index in [9.17, 15) is 8.42 Å². The molecule has 120 valence electrons. The van der Waals surface area contributed by atoms with Crippen LogP contribution in [0.15, 0.2) is 30.3 Å². The minimum absolute atomic E-state index is 0.121. The van der Waals surface area contributed by atoms with E-state index in [1.54, 1.807) is 12.1 Å². The van der Waals surface area contributed by atoms with Gasteiger partial charge in [0.1, 0.15) is 0 Å². The second kappa shape index (κ2) is 6.50. The molecule has 0 bridgehead atoms. The first-order chi connectivity index (χ1) is 9.45. The van der Waals surface area contributed by atoms with Gasteiger partial charge >= 0.3 is 0 Å². The molecule has 0 N–H and O–H groups in total. The molecule has 0 saturated carbocycles. The van der Waals surface area contributed by atoms with E-state index in [1.165, 1.54) is 10.6 Å². The topological polar surface area (TPSA) is 46.6 Å². The molecule has 0 aliphatic rings. The van der Waals surface area contributed by atoms with Crippen LogP contribution in [0.1, 0.15) is 20.8 Å². The van der Waals surface area contributed by atoms with Crippen LogP contribution in [0.5, 0.6) is 0 Å². The molecule has 4 nitrogen and oxygen atoms in total. The summed E-state index contributed by atoms with van der Waals surface area (Å²) >= 11 is 0. The van der Waals surface area contributed by atoms with E-state index in [1.807, 2.05) is 18.2 Å². The molecule has 0 aromatic heterocycles. The molecule has 0 saturated heterocycles. The van der Waals surface area contributed by atoms with Crippen LogP contribution in [0.3, 0.4) is 0 Å². The molecule has 0 unspecified atom stereocenters. The molecule has 6 heteroatoms. The van der Waals surface area contributed by atoms with Gasteiger partial charge in [0.25, 0.3) is 0 Å². The van der Waals surface area contributed by atoms with Crippen molar-refractivity contribution in [3.8, 4) is 0 Å². The smallest absolute Gasteiger partial charge is 0.232 e. The molecule has 0 heterocycles. The largest absolute Gasteiger partial charge is 0.415 e. The third-order valence-corrected chi connectivity index (χ3v) is 9.74. The average molecular weight is 330 g/mol. The van der Waals surface area contributed by atoms with Crippen LogP contribution in [0.25, 0.3) is 0 Å². The molecular formula is C15H27NO3SSi. The summed E-state index contributed by atoms with van der Waals surface area (Å²) in [4.78, 5) is 0. The summed E-state index contributed by atoms with van der Waals surface area (Å²) in [7, 11) is -5.16. The van der Waals surface area contributed by atoms with Crippen molar-refractivity contribution in [3.05, 3.63) is 30.3 Å². The number of para-hydroxylation sites is 1. The first-order valence-electron chi connectivity index (χ1n) is 7.12. The SMILES string of the molecule is CC(C)(C)[Si](C)(C)OCCN(c1ccccc1)S(C)(=O)=O. The van der Waals surface area contributed by atoms with Crippen molar-refractivity contribution in [2.45, 2.75) is 38.9 Å². The Morgan fingerprint density at radius 3 is 2.10 bits per heavy atom. The van der Waals surface area contributed by atoms with Gasteiger partial charge in [-0.1, -0.05) is 39.0 Å². The Bertz CT molecular complexity index is 550. The van der Waals surface area contributed by atoms with E-state index in [-0.39, 0.29) is 5.04 Å². The van der Waals surface area contributed by atoms with Crippen LogP contribution in [0.4, 0.5) is 5.69 Å². The Hall–Kier alpha value is -0.853. The Labute approximate surface area is 130 Å². The number of anilines is 1. The second-order valence-electron chi connectivity index (χ2n) is 6.78. The van der Waals surface area contributed by atoms with Gasteiger partial charge in [0.15, 0.2) is 8.32 Å². The van der Waals surface area contributed by atoms with E-state index in [4.69, 9.17) is 4.43 Å². The van der Waals surface area contributed by atoms with Crippen molar-refractivity contribution in [1.82, 2.24) is 0 Å². The maximum atomic E-state index is 12.0. The van der Waals surface area contributed by atoms with Crippen LogP contribution >= 0.6 is 0 Å². The minimum Gasteiger partial charge on any atom is -0.415 e. The monoisotopic (exact) mass is 329 g/mol. The standard InChI is InChI=1S/C15H27NO3SSi/c1-15(2,3)21(5,6)19-13-12-16(20(4,17)18)14-10-8-7-9-11-14/h7-11H,12-13H2,1-6H3. The van der Waals surface area contributed by atoms with Crippen LogP contribution in [0.2, 0.25) is 18.1 Å². The molecular weight excluding hydrogens is 302 g/mol. The lowest BCUT2D eigenvalue weighted by Crippen LogP contribution is -2.43. The highest BCUT2D eigenvalue weighted by molar-refractivity contribution is 7.92. The Kier molecular flexibility index (Phi) is 5.63. The van der Waals surface area contributed by atoms with Gasteiger partial charge in [0.2, 0.25) is 10.0 Å². The number of benzene rings is 1. The second-order valence-corrected chi connectivity index (χ2v) is 13.5. The lowest BCUT2D eigenvalue weighted by Gasteiger charge is -2.36. The fraction of sp³-hybridized carbons (Fsp3) is 0.600. The number of sulfonamides is 1. The molecule has 0 aliphatic carbocycles. The zero-order valence-electron chi connectivity index (χ0n) is 13.9. The van der Waals surface area contributed by atoms with Crippen LogP contribution in [-0.2, 0) is 14.4 Å². The number of rotatable bonds is 6. The van der Waals surface area contributed by atoms with Gasteiger partial charge in [-0.25, -0.2) is 8.42 Å². The van der Waals surface area contributed by atoms with Crippen LogP contribution in [0, 0.1) is 0 Å². The molecule has 0 amide bonds. The number of hydrogen-bond acceptors (Lipinski definition) is 3. The van der Waals surface area contributed by atoms with E-state index < -0.39 is 18.3 Å². The summed E-state index contributed by atoms with van der Waals surface area (Å²) in [5.41, 5.74) is 0.679. The fourth-order valence-electron chi connectivity index (χ4n) is 1.68. The highest BCUT2D eigenvalue weighted by Gasteiger charge is 2.37. The molecule has 1 rings (SSSR count). The maximum Gasteiger partial charge on any atom is 0.232 e. The quantitative estimate of drug-likeness (QED) is 0.751. The maximum absolute atomic E-state index is 12.0. The normalized spacial score (nSPS) is 13.2. The predicted molar refractivity (Wildman–Crippen MR) is 91.8 cm³/mol. The lowest BCUT2D eigenvalue weighted by molar-refractivity contribution is 0.298. The molecule has 0 aliphatic heterocycles. The first-order valence-corrected chi connectivity index (χ1v) is 11.9. The van der Waals surface area contributed by atoms with Crippen molar-refractivity contribution in [2.24, 2.45) is 0 Å². The summed E-state index contributed by atoms with van der Waals surface area (Å²) in [6, 6.07) is 9.14. The van der Waals surface area contributed by atoms with Crippen molar-refractivity contribution in [2.75, 3.05) is 23.7 Å². The third kappa shape index (κ3) is 5.12. The van der Waals surface area contributed by atoms with Gasteiger partial charge in [-0.15, -0.1) is 0 Å². The third-order valence-electron chi connectivity index (χ3n) is 4.01. The number of hydrogen-bond donors (Lipinski definition) is 0. The Balaban J connectivity index is 2.78. The Morgan fingerprint density at radius 1 is 1.14 bits per heavy atom. The zero-order chi connectivity index (χ0) is 16.3. The summed E-state index contributed by atoms with van der Waals surface area (Å²) < 4.78 is 31.4. The number of nitrogens with zero attached hydrogens (tertiary/aromatic N) is 1. The van der Waals surface area contributed by atoms with Crippen molar-refractivity contribution in [3.63, 3.8) is 0 Å². The van der Waals surface area contributed by atoms with E-state index in [0.29, 0.717) is 18.8 Å². The van der Waals surface area contributed by atoms with Gasteiger partial charge < -0.3 is 4.43 Å². The summed E-state index contributed by atoms with van der Waals surface area (Å²) in [5, 5.41) is 0.121. The van der Waals surface area contributed by atoms with Crippen LogP contribution < -0.4 is 4.31 Å². The molecule has 0 atom stereocenters. The zero-order valence-corrected chi connectivity index (χ0v) is 15.7. The highest BCUT2D eigenvalue weighted by Crippen LogP contribution is 2.36. The molecule has 0 fully saturated rings. The molecule has 1 aromatic carbocycles. The average Bonchev–Trinajstić information content (AvgIpc) is 2.32. The summed E-state index contributed by atoms with van der Waals surface area (Å²) in [6.07, 6.45) is 1.23. The van der Waals surface area contributed by atoms with Gasteiger partial charge in [0, 0.05) is 0 Å². The predicted octanol–water partition coefficient (Wildman–Crippen LogP) is 3.47. The van der Waals surface area contributed by atoms with Gasteiger partial charge in [-0.2, -0.15) is 0 Å². The first kappa shape index (κ1) is 18.2. The van der Waals surface area contributed by atoms with Crippen LogP contribution in [-0.4, -0.2) is 36.1 Å². The summed E-state index contributed by atoms with van der Waals surface area (Å²) in [5.74, 6) is 0. The van der Waals surface area contributed by atoms with Gasteiger partial charge in [-0.3, -0.25) is 4.31 Å². The molecule has 0 radical (unpaired) electrons. The molecule has 1 aromatic rings. The van der Waals surface area contributed by atoms with Crippen molar-refractivity contribution in [1.29, 1.82) is 0 Å². The van der Waals surface area contributed by atoms with E-state index >= 15 is 0 Å². The molecule has 21 heavy (non-hydrogen) atoms. The minimum atomic E-state index is -3.30. The van der Waals surface area contributed by atoms with E-state index in [0.717, 1.165) is 0 Å². The van der Waals surface area contributed by atoms with Crippen molar-refractivity contribution >= 4 is 24.0 Å². The molecule has 0 spiro atoms. The highest BCUT2D eigenvalue weighted by atomic mass is 32.2. The fourth-order valence-corrected chi connectivity index (χ4v) is 3.63.